The molecule has 28 heavy (non-hydrogen) atoms. The van der Waals surface area contributed by atoms with Crippen molar-refractivity contribution in [3.05, 3.63) is 45.3 Å². The van der Waals surface area contributed by atoms with E-state index in [2.05, 4.69) is 18.3 Å². The summed E-state index contributed by atoms with van der Waals surface area (Å²) in [6, 6.07) is 8.22. The number of hydrogen-bond acceptors (Lipinski definition) is 5. The van der Waals surface area contributed by atoms with E-state index in [4.69, 9.17) is 11.6 Å². The number of rotatable bonds is 6. The van der Waals surface area contributed by atoms with Crippen LogP contribution in [0.1, 0.15) is 42.2 Å². The highest BCUT2D eigenvalue weighted by Gasteiger charge is 2.24. The number of halogens is 1. The van der Waals surface area contributed by atoms with Gasteiger partial charge in [-0.25, -0.2) is 8.42 Å². The lowest BCUT2D eigenvalue weighted by Gasteiger charge is -2.17. The van der Waals surface area contributed by atoms with E-state index < -0.39 is 9.84 Å². The maximum atomic E-state index is 12.3. The van der Waals surface area contributed by atoms with Gasteiger partial charge < -0.3 is 5.32 Å². The molecule has 1 aromatic carbocycles. The lowest BCUT2D eigenvalue weighted by molar-refractivity contribution is -0.116. The highest BCUT2D eigenvalue weighted by molar-refractivity contribution is 7.91. The van der Waals surface area contributed by atoms with Gasteiger partial charge >= 0.3 is 0 Å². The van der Waals surface area contributed by atoms with E-state index in [1.54, 1.807) is 0 Å². The Morgan fingerprint density at radius 1 is 1.36 bits per heavy atom. The van der Waals surface area contributed by atoms with Gasteiger partial charge in [0.2, 0.25) is 5.91 Å². The standard InChI is InChI=1S/C20H21ClN2O3S2/c1-13-4-9-16-17(12-22)20(27-18(16)11-13)23-19(24)3-2-10-28(25,26)15-7-5-14(21)6-8-15/h5-8,13H,2-4,9-11H2,1H3,(H,23,24)/t13-/m1/s1. The number of hydrogen-bond donors (Lipinski definition) is 1. The predicted molar refractivity (Wildman–Crippen MR) is 112 cm³/mol. The number of anilines is 1. The second kappa shape index (κ2) is 8.64. The lowest BCUT2D eigenvalue weighted by atomic mass is 9.89. The van der Waals surface area contributed by atoms with Crippen LogP contribution in [-0.2, 0) is 27.5 Å². The first kappa shape index (κ1) is 20.8. The van der Waals surface area contributed by atoms with Crippen molar-refractivity contribution in [3.8, 4) is 6.07 Å². The molecule has 3 rings (SSSR count). The van der Waals surface area contributed by atoms with Crippen molar-refractivity contribution in [1.29, 1.82) is 5.26 Å². The number of carbonyl (C=O) groups is 1. The molecule has 0 aliphatic heterocycles. The Balaban J connectivity index is 1.59. The van der Waals surface area contributed by atoms with Gasteiger partial charge in [-0.2, -0.15) is 5.26 Å². The number of nitriles is 1. The maximum absolute atomic E-state index is 12.3. The molecular weight excluding hydrogens is 416 g/mol. The number of fused-ring (bicyclic) bond motifs is 1. The Morgan fingerprint density at radius 2 is 2.07 bits per heavy atom. The molecule has 8 heteroatoms. The largest absolute Gasteiger partial charge is 0.317 e. The first-order chi connectivity index (χ1) is 13.3. The minimum absolute atomic E-state index is 0.0800. The number of benzene rings is 1. The van der Waals surface area contributed by atoms with Crippen LogP contribution in [0.5, 0.6) is 0 Å². The van der Waals surface area contributed by atoms with Crippen LogP contribution in [0.3, 0.4) is 0 Å². The average Bonchev–Trinajstić information content (AvgIpc) is 2.97. The van der Waals surface area contributed by atoms with Gasteiger partial charge in [-0.3, -0.25) is 4.79 Å². The third-order valence-corrected chi connectivity index (χ3v) is 8.10. The van der Waals surface area contributed by atoms with Crippen LogP contribution < -0.4 is 5.32 Å². The smallest absolute Gasteiger partial charge is 0.225 e. The summed E-state index contributed by atoms with van der Waals surface area (Å²) in [4.78, 5) is 13.7. The van der Waals surface area contributed by atoms with E-state index in [1.807, 2.05) is 0 Å². The van der Waals surface area contributed by atoms with Crippen LogP contribution in [0, 0.1) is 17.2 Å². The van der Waals surface area contributed by atoms with E-state index in [1.165, 1.54) is 40.5 Å². The minimum Gasteiger partial charge on any atom is -0.317 e. The van der Waals surface area contributed by atoms with Gasteiger partial charge in [-0.05, 0) is 61.4 Å². The SMILES string of the molecule is C[C@@H]1CCc2c(sc(NC(=O)CCCS(=O)(=O)c3ccc(Cl)cc3)c2C#N)C1. The molecule has 1 aromatic heterocycles. The van der Waals surface area contributed by atoms with Crippen LogP contribution in [0.4, 0.5) is 5.00 Å². The summed E-state index contributed by atoms with van der Waals surface area (Å²) in [5, 5.41) is 13.4. The van der Waals surface area contributed by atoms with E-state index >= 15 is 0 Å². The number of amides is 1. The van der Waals surface area contributed by atoms with Crippen molar-refractivity contribution in [3.63, 3.8) is 0 Å². The van der Waals surface area contributed by atoms with Crippen molar-refractivity contribution >= 4 is 43.7 Å². The highest BCUT2D eigenvalue weighted by atomic mass is 35.5. The molecule has 1 atom stereocenters. The molecule has 0 fully saturated rings. The minimum atomic E-state index is -3.46. The Kier molecular flexibility index (Phi) is 6.43. The lowest BCUT2D eigenvalue weighted by Crippen LogP contribution is -2.14. The molecule has 1 N–H and O–H groups in total. The Hall–Kier alpha value is -1.88. The summed E-state index contributed by atoms with van der Waals surface area (Å²) in [5.41, 5.74) is 1.63. The third kappa shape index (κ3) is 4.75. The number of carbonyl (C=O) groups excluding carboxylic acids is 1. The fourth-order valence-electron chi connectivity index (χ4n) is 3.33. The van der Waals surface area contributed by atoms with Gasteiger partial charge in [0.1, 0.15) is 11.1 Å². The molecule has 1 aliphatic carbocycles. The molecule has 1 amide bonds. The van der Waals surface area contributed by atoms with Gasteiger partial charge in [0.15, 0.2) is 9.84 Å². The van der Waals surface area contributed by atoms with Gasteiger partial charge in [0.05, 0.1) is 16.2 Å². The second-order valence-electron chi connectivity index (χ2n) is 7.09. The number of nitrogens with one attached hydrogen (secondary N) is 1. The Labute approximate surface area is 174 Å². The van der Waals surface area contributed by atoms with Crippen LogP contribution in [0.2, 0.25) is 5.02 Å². The van der Waals surface area contributed by atoms with Gasteiger partial charge in [-0.1, -0.05) is 18.5 Å². The third-order valence-electron chi connectivity index (χ3n) is 4.87. The molecule has 0 saturated heterocycles. The van der Waals surface area contributed by atoms with E-state index in [-0.39, 0.29) is 29.4 Å². The van der Waals surface area contributed by atoms with Crippen LogP contribution in [0.15, 0.2) is 29.2 Å². The normalized spacial score (nSPS) is 16.2. The number of sulfone groups is 1. The van der Waals surface area contributed by atoms with Gasteiger partial charge in [0, 0.05) is 16.3 Å². The summed E-state index contributed by atoms with van der Waals surface area (Å²) >= 11 is 7.26. The molecule has 5 nitrogen and oxygen atoms in total. The molecule has 0 unspecified atom stereocenters. The zero-order valence-electron chi connectivity index (χ0n) is 15.5. The first-order valence-corrected chi connectivity index (χ1v) is 12.0. The maximum Gasteiger partial charge on any atom is 0.225 e. The van der Waals surface area contributed by atoms with E-state index in [0.717, 1.165) is 24.8 Å². The predicted octanol–water partition coefficient (Wildman–Crippen LogP) is 4.59. The highest BCUT2D eigenvalue weighted by Crippen LogP contribution is 2.39. The summed E-state index contributed by atoms with van der Waals surface area (Å²) < 4.78 is 24.7. The quantitative estimate of drug-likeness (QED) is 0.717. The summed E-state index contributed by atoms with van der Waals surface area (Å²) in [6.45, 7) is 2.19. The Morgan fingerprint density at radius 3 is 2.75 bits per heavy atom. The topological polar surface area (TPSA) is 87.0 Å². The van der Waals surface area contributed by atoms with E-state index in [0.29, 0.717) is 21.5 Å². The fraction of sp³-hybridized carbons (Fsp3) is 0.400. The first-order valence-electron chi connectivity index (χ1n) is 9.13. The molecule has 0 radical (unpaired) electrons. The molecule has 0 saturated carbocycles. The zero-order chi connectivity index (χ0) is 20.3. The monoisotopic (exact) mass is 436 g/mol. The van der Waals surface area contributed by atoms with Crippen molar-refractivity contribution in [2.75, 3.05) is 11.1 Å². The van der Waals surface area contributed by atoms with Gasteiger partial charge in [0.25, 0.3) is 0 Å². The molecule has 0 spiro atoms. The van der Waals surface area contributed by atoms with Gasteiger partial charge in [-0.15, -0.1) is 11.3 Å². The Bertz CT molecular complexity index is 1020. The van der Waals surface area contributed by atoms with Crippen LogP contribution >= 0.6 is 22.9 Å². The van der Waals surface area contributed by atoms with Crippen molar-refractivity contribution in [2.45, 2.75) is 43.9 Å². The summed E-state index contributed by atoms with van der Waals surface area (Å²) in [7, 11) is -3.46. The molecule has 1 aliphatic rings. The summed E-state index contributed by atoms with van der Waals surface area (Å²) in [5.74, 6) is 0.194. The fourth-order valence-corrected chi connectivity index (χ4v) is 6.14. The average molecular weight is 437 g/mol. The molecule has 2 aromatic rings. The molecule has 0 bridgehead atoms. The molecule has 148 valence electrons. The second-order valence-corrected chi connectivity index (χ2v) is 10.7. The molecule has 1 heterocycles. The van der Waals surface area contributed by atoms with Crippen LogP contribution in [-0.4, -0.2) is 20.1 Å². The molecular formula is C20H21ClN2O3S2. The van der Waals surface area contributed by atoms with Crippen molar-refractivity contribution < 1.29 is 13.2 Å². The van der Waals surface area contributed by atoms with Crippen molar-refractivity contribution in [2.24, 2.45) is 5.92 Å². The number of thiophene rings is 1. The number of nitrogens with zero attached hydrogens (tertiary/aromatic N) is 1. The summed E-state index contributed by atoms with van der Waals surface area (Å²) in [6.07, 6.45) is 3.14. The zero-order valence-corrected chi connectivity index (χ0v) is 17.9. The van der Waals surface area contributed by atoms with E-state index in [9.17, 15) is 18.5 Å². The van der Waals surface area contributed by atoms with Crippen LogP contribution in [0.25, 0.3) is 0 Å². The van der Waals surface area contributed by atoms with Crippen molar-refractivity contribution in [1.82, 2.24) is 0 Å².